The SMILES string of the molecule is O=S(=O)(NC1CC1)c1ccc2nc(Cl)ccc2c1. The van der Waals surface area contributed by atoms with Gasteiger partial charge in [-0.1, -0.05) is 11.6 Å². The summed E-state index contributed by atoms with van der Waals surface area (Å²) in [5, 5.41) is 1.16. The molecule has 0 radical (unpaired) electrons. The van der Waals surface area contributed by atoms with Gasteiger partial charge in [0.05, 0.1) is 10.4 Å². The maximum Gasteiger partial charge on any atom is 0.240 e. The molecule has 2 aromatic rings. The molecule has 0 spiro atoms. The van der Waals surface area contributed by atoms with E-state index in [1.165, 1.54) is 0 Å². The van der Waals surface area contributed by atoms with Crippen LogP contribution in [0.15, 0.2) is 35.2 Å². The molecule has 94 valence electrons. The first-order valence-corrected chi connectivity index (χ1v) is 7.49. The van der Waals surface area contributed by atoms with Crippen LogP contribution in [0.3, 0.4) is 0 Å². The van der Waals surface area contributed by atoms with Crippen LogP contribution in [-0.4, -0.2) is 19.4 Å². The highest BCUT2D eigenvalue weighted by Crippen LogP contribution is 2.24. The van der Waals surface area contributed by atoms with Crippen molar-refractivity contribution in [3.05, 3.63) is 35.5 Å². The molecule has 0 bridgehead atoms. The molecule has 1 fully saturated rings. The van der Waals surface area contributed by atoms with Crippen molar-refractivity contribution in [2.75, 3.05) is 0 Å². The second kappa shape index (κ2) is 4.19. The summed E-state index contributed by atoms with van der Waals surface area (Å²) >= 11 is 5.78. The van der Waals surface area contributed by atoms with Gasteiger partial charge in [-0.3, -0.25) is 0 Å². The molecular weight excluding hydrogens is 272 g/mol. The molecule has 0 unspecified atom stereocenters. The second-order valence-corrected chi connectivity index (χ2v) is 6.49. The molecule has 1 aromatic heterocycles. The van der Waals surface area contributed by atoms with Crippen molar-refractivity contribution in [2.24, 2.45) is 0 Å². The van der Waals surface area contributed by atoms with E-state index < -0.39 is 10.0 Å². The summed E-state index contributed by atoms with van der Waals surface area (Å²) in [6, 6.07) is 8.35. The van der Waals surface area contributed by atoms with Crippen LogP contribution in [0.1, 0.15) is 12.8 Å². The second-order valence-electron chi connectivity index (χ2n) is 4.38. The van der Waals surface area contributed by atoms with Crippen molar-refractivity contribution in [3.63, 3.8) is 0 Å². The standard InChI is InChI=1S/C12H11ClN2O2S/c13-12-6-1-8-7-10(4-5-11(8)14-12)18(16,17)15-9-2-3-9/h1,4-7,9,15H,2-3H2. The molecule has 1 aromatic carbocycles. The summed E-state index contributed by atoms with van der Waals surface area (Å²) in [4.78, 5) is 4.39. The molecule has 1 aliphatic rings. The predicted molar refractivity (Wildman–Crippen MR) is 70.1 cm³/mol. The van der Waals surface area contributed by atoms with Crippen molar-refractivity contribution in [3.8, 4) is 0 Å². The maximum absolute atomic E-state index is 12.0. The van der Waals surface area contributed by atoms with Gasteiger partial charge in [-0.15, -0.1) is 0 Å². The third-order valence-electron chi connectivity index (χ3n) is 2.84. The average Bonchev–Trinajstić information content (AvgIpc) is 3.11. The van der Waals surface area contributed by atoms with Gasteiger partial charge in [0.1, 0.15) is 5.15 Å². The lowest BCUT2D eigenvalue weighted by Crippen LogP contribution is -2.25. The van der Waals surface area contributed by atoms with Gasteiger partial charge in [-0.25, -0.2) is 18.1 Å². The quantitative estimate of drug-likeness (QED) is 0.879. The lowest BCUT2D eigenvalue weighted by molar-refractivity contribution is 0.581. The number of nitrogens with one attached hydrogen (secondary N) is 1. The van der Waals surface area contributed by atoms with Gasteiger partial charge >= 0.3 is 0 Å². The number of nitrogens with zero attached hydrogens (tertiary/aromatic N) is 1. The van der Waals surface area contributed by atoms with Crippen LogP contribution in [0, 0.1) is 0 Å². The van der Waals surface area contributed by atoms with Crippen LogP contribution in [0.5, 0.6) is 0 Å². The minimum absolute atomic E-state index is 0.106. The van der Waals surface area contributed by atoms with E-state index in [-0.39, 0.29) is 10.9 Å². The highest BCUT2D eigenvalue weighted by atomic mass is 35.5. The molecule has 4 nitrogen and oxygen atoms in total. The average molecular weight is 283 g/mol. The number of hydrogen-bond donors (Lipinski definition) is 1. The molecule has 3 rings (SSSR count). The van der Waals surface area contributed by atoms with E-state index in [0.717, 1.165) is 18.2 Å². The van der Waals surface area contributed by atoms with E-state index in [0.29, 0.717) is 10.7 Å². The van der Waals surface area contributed by atoms with E-state index in [1.54, 1.807) is 30.3 Å². The summed E-state index contributed by atoms with van der Waals surface area (Å²) in [5.74, 6) is 0. The number of rotatable bonds is 3. The van der Waals surface area contributed by atoms with Gasteiger partial charge < -0.3 is 0 Å². The van der Waals surface area contributed by atoms with E-state index in [2.05, 4.69) is 9.71 Å². The van der Waals surface area contributed by atoms with E-state index in [1.807, 2.05) is 0 Å². The topological polar surface area (TPSA) is 59.1 Å². The zero-order chi connectivity index (χ0) is 12.8. The fraction of sp³-hybridized carbons (Fsp3) is 0.250. The van der Waals surface area contributed by atoms with Gasteiger partial charge in [0.25, 0.3) is 0 Å². The predicted octanol–water partition coefficient (Wildman–Crippen LogP) is 2.33. The van der Waals surface area contributed by atoms with Crippen LogP contribution in [0.25, 0.3) is 10.9 Å². The Morgan fingerprint density at radius 2 is 2.00 bits per heavy atom. The summed E-state index contributed by atoms with van der Waals surface area (Å²) in [6.07, 6.45) is 1.84. The normalized spacial score (nSPS) is 16.1. The van der Waals surface area contributed by atoms with E-state index in [4.69, 9.17) is 11.6 Å². The number of pyridine rings is 1. The lowest BCUT2D eigenvalue weighted by Gasteiger charge is -2.06. The molecule has 0 atom stereocenters. The third-order valence-corrected chi connectivity index (χ3v) is 4.56. The number of aromatic nitrogens is 1. The largest absolute Gasteiger partial charge is 0.240 e. The first kappa shape index (κ1) is 11.9. The Kier molecular flexibility index (Phi) is 2.77. The Balaban J connectivity index is 2.04. The molecule has 18 heavy (non-hydrogen) atoms. The Hall–Kier alpha value is -1.17. The van der Waals surface area contributed by atoms with Crippen LogP contribution in [0.4, 0.5) is 0 Å². The molecule has 1 heterocycles. The highest BCUT2D eigenvalue weighted by molar-refractivity contribution is 7.89. The minimum Gasteiger partial charge on any atom is -0.236 e. The summed E-state index contributed by atoms with van der Waals surface area (Å²) in [6.45, 7) is 0. The highest BCUT2D eigenvalue weighted by Gasteiger charge is 2.27. The number of sulfonamides is 1. The smallest absolute Gasteiger partial charge is 0.236 e. The van der Waals surface area contributed by atoms with Crippen LogP contribution in [-0.2, 0) is 10.0 Å². The first-order chi connectivity index (χ1) is 8.54. The number of fused-ring (bicyclic) bond motifs is 1. The Morgan fingerprint density at radius 3 is 2.72 bits per heavy atom. The molecular formula is C12H11ClN2O2S. The fourth-order valence-corrected chi connectivity index (χ4v) is 3.23. The molecule has 1 saturated carbocycles. The van der Waals surface area contributed by atoms with Crippen molar-refractivity contribution >= 4 is 32.5 Å². The summed E-state index contributed by atoms with van der Waals surface area (Å²) in [7, 11) is -3.41. The zero-order valence-electron chi connectivity index (χ0n) is 9.43. The van der Waals surface area contributed by atoms with Gasteiger partial charge in [0, 0.05) is 11.4 Å². The molecule has 0 aliphatic heterocycles. The minimum atomic E-state index is -3.41. The van der Waals surface area contributed by atoms with Crippen LogP contribution < -0.4 is 4.72 Å². The Bertz CT molecular complexity index is 711. The monoisotopic (exact) mass is 282 g/mol. The van der Waals surface area contributed by atoms with E-state index >= 15 is 0 Å². The molecule has 1 aliphatic carbocycles. The number of hydrogen-bond acceptors (Lipinski definition) is 3. The van der Waals surface area contributed by atoms with Crippen LogP contribution in [0.2, 0.25) is 5.15 Å². The van der Waals surface area contributed by atoms with Crippen LogP contribution >= 0.6 is 11.6 Å². The van der Waals surface area contributed by atoms with Crippen molar-refractivity contribution < 1.29 is 8.42 Å². The van der Waals surface area contributed by atoms with Crippen molar-refractivity contribution in [1.29, 1.82) is 0 Å². The molecule has 0 saturated heterocycles. The van der Waals surface area contributed by atoms with Gasteiger partial charge in [0.15, 0.2) is 0 Å². The summed E-state index contributed by atoms with van der Waals surface area (Å²) < 4.78 is 26.7. The van der Waals surface area contributed by atoms with E-state index in [9.17, 15) is 8.42 Å². The first-order valence-electron chi connectivity index (χ1n) is 5.63. The van der Waals surface area contributed by atoms with Gasteiger partial charge in [-0.05, 0) is 43.2 Å². The third kappa shape index (κ3) is 2.34. The zero-order valence-corrected chi connectivity index (χ0v) is 11.0. The van der Waals surface area contributed by atoms with Gasteiger partial charge in [0.2, 0.25) is 10.0 Å². The van der Waals surface area contributed by atoms with Gasteiger partial charge in [-0.2, -0.15) is 0 Å². The number of benzene rings is 1. The number of halogens is 1. The Morgan fingerprint density at radius 1 is 1.22 bits per heavy atom. The Labute approximate surface area is 110 Å². The molecule has 6 heteroatoms. The summed E-state index contributed by atoms with van der Waals surface area (Å²) in [5.41, 5.74) is 0.688. The fourth-order valence-electron chi connectivity index (χ4n) is 1.73. The van der Waals surface area contributed by atoms with Crippen molar-refractivity contribution in [2.45, 2.75) is 23.8 Å². The lowest BCUT2D eigenvalue weighted by atomic mass is 10.2. The molecule has 0 amide bonds. The molecule has 1 N–H and O–H groups in total. The maximum atomic E-state index is 12.0. The van der Waals surface area contributed by atoms with Crippen molar-refractivity contribution in [1.82, 2.24) is 9.71 Å².